The van der Waals surface area contributed by atoms with Gasteiger partial charge in [-0.15, -0.1) is 5.10 Å². The molecule has 7 heteroatoms. The Hall–Kier alpha value is -2.18. The molecule has 16 heavy (non-hydrogen) atoms. The van der Waals surface area contributed by atoms with Crippen LogP contribution in [0.25, 0.3) is 16.7 Å². The SMILES string of the molecule is FC(F)c1nc2ccccc2n2nnnc12. The minimum Gasteiger partial charge on any atom is -0.241 e. The van der Waals surface area contributed by atoms with Crippen LogP contribution in [0.15, 0.2) is 24.3 Å². The number of hydrogen-bond donors (Lipinski definition) is 0. The molecule has 1 aromatic carbocycles. The van der Waals surface area contributed by atoms with Crippen LogP contribution in [0.1, 0.15) is 12.1 Å². The molecule has 0 spiro atoms. The molecule has 2 heterocycles. The third-order valence-electron chi connectivity index (χ3n) is 2.26. The molecule has 0 N–H and O–H groups in total. The van der Waals surface area contributed by atoms with E-state index in [1.807, 2.05) is 0 Å². The van der Waals surface area contributed by atoms with Crippen molar-refractivity contribution in [3.63, 3.8) is 0 Å². The molecule has 0 amide bonds. The molecule has 0 aliphatic heterocycles. The lowest BCUT2D eigenvalue weighted by Gasteiger charge is -2.03. The van der Waals surface area contributed by atoms with Gasteiger partial charge in [0.05, 0.1) is 11.0 Å². The first-order chi connectivity index (χ1) is 7.77. The summed E-state index contributed by atoms with van der Waals surface area (Å²) < 4.78 is 26.7. The van der Waals surface area contributed by atoms with Crippen molar-refractivity contribution in [3.8, 4) is 0 Å². The van der Waals surface area contributed by atoms with Crippen molar-refractivity contribution in [2.45, 2.75) is 6.43 Å². The summed E-state index contributed by atoms with van der Waals surface area (Å²) in [7, 11) is 0. The molecule has 3 rings (SSSR count). The van der Waals surface area contributed by atoms with Gasteiger partial charge in [-0.25, -0.2) is 13.8 Å². The summed E-state index contributed by atoms with van der Waals surface area (Å²) in [5.74, 6) is 0. The maximum atomic E-state index is 12.7. The number of aromatic nitrogens is 5. The Kier molecular flexibility index (Phi) is 1.79. The highest BCUT2D eigenvalue weighted by atomic mass is 19.3. The van der Waals surface area contributed by atoms with Crippen molar-refractivity contribution >= 4 is 16.7 Å². The number of nitrogens with zero attached hydrogens (tertiary/aromatic N) is 5. The highest BCUT2D eigenvalue weighted by Gasteiger charge is 2.18. The van der Waals surface area contributed by atoms with Crippen LogP contribution in [0.3, 0.4) is 0 Å². The summed E-state index contributed by atoms with van der Waals surface area (Å²) in [6, 6.07) is 6.86. The Balaban J connectivity index is 2.53. The van der Waals surface area contributed by atoms with E-state index in [2.05, 4.69) is 20.5 Å². The first-order valence-corrected chi connectivity index (χ1v) is 4.52. The lowest BCUT2D eigenvalue weighted by atomic mass is 10.3. The minimum absolute atomic E-state index is 0.00583. The van der Waals surface area contributed by atoms with Crippen LogP contribution in [0.2, 0.25) is 0 Å². The summed E-state index contributed by atoms with van der Waals surface area (Å²) >= 11 is 0. The maximum Gasteiger partial charge on any atom is 0.284 e. The fraction of sp³-hybridized carbons (Fsp3) is 0.111. The van der Waals surface area contributed by atoms with Crippen molar-refractivity contribution in [2.24, 2.45) is 0 Å². The second-order valence-electron chi connectivity index (χ2n) is 3.20. The minimum atomic E-state index is -2.70. The summed E-state index contributed by atoms with van der Waals surface area (Å²) in [4.78, 5) is 3.86. The lowest BCUT2D eigenvalue weighted by molar-refractivity contribution is 0.147. The Morgan fingerprint density at radius 2 is 2.00 bits per heavy atom. The van der Waals surface area contributed by atoms with Crippen molar-refractivity contribution in [3.05, 3.63) is 30.0 Å². The Labute approximate surface area is 87.7 Å². The molecule has 0 saturated carbocycles. The zero-order chi connectivity index (χ0) is 11.1. The number of hydrogen-bond acceptors (Lipinski definition) is 4. The highest BCUT2D eigenvalue weighted by Crippen LogP contribution is 2.23. The van der Waals surface area contributed by atoms with Crippen LogP contribution in [-0.4, -0.2) is 25.0 Å². The summed E-state index contributed by atoms with van der Waals surface area (Å²) in [5.41, 5.74) is 0.641. The normalized spacial score (nSPS) is 11.7. The number of tetrazole rings is 1. The van der Waals surface area contributed by atoms with Gasteiger partial charge in [-0.05, 0) is 22.6 Å². The molecule has 0 bridgehead atoms. The molecule has 2 aromatic heterocycles. The van der Waals surface area contributed by atoms with Crippen LogP contribution in [0.5, 0.6) is 0 Å². The molecule has 0 aliphatic rings. The average Bonchev–Trinajstić information content (AvgIpc) is 2.76. The fourth-order valence-corrected chi connectivity index (χ4v) is 1.57. The van der Waals surface area contributed by atoms with E-state index in [-0.39, 0.29) is 5.65 Å². The quantitative estimate of drug-likeness (QED) is 0.626. The molecule has 80 valence electrons. The number of benzene rings is 1. The van der Waals surface area contributed by atoms with Gasteiger partial charge in [-0.1, -0.05) is 12.1 Å². The number of para-hydroxylation sites is 2. The van der Waals surface area contributed by atoms with E-state index in [1.165, 1.54) is 4.52 Å². The van der Waals surface area contributed by atoms with E-state index in [1.54, 1.807) is 24.3 Å². The van der Waals surface area contributed by atoms with Gasteiger partial charge >= 0.3 is 0 Å². The van der Waals surface area contributed by atoms with E-state index in [9.17, 15) is 8.78 Å². The predicted molar refractivity (Wildman–Crippen MR) is 51.0 cm³/mol. The van der Waals surface area contributed by atoms with E-state index in [0.717, 1.165) is 0 Å². The number of halogens is 2. The first kappa shape index (κ1) is 9.08. The topological polar surface area (TPSA) is 56.0 Å². The molecule has 0 fully saturated rings. The molecule has 3 aromatic rings. The molecule has 0 unspecified atom stereocenters. The van der Waals surface area contributed by atoms with Crippen LogP contribution >= 0.6 is 0 Å². The molecule has 0 saturated heterocycles. The van der Waals surface area contributed by atoms with Gasteiger partial charge < -0.3 is 0 Å². The maximum absolute atomic E-state index is 12.7. The van der Waals surface area contributed by atoms with Gasteiger partial charge in [0.15, 0.2) is 5.69 Å². The summed E-state index contributed by atoms with van der Waals surface area (Å²) in [6.45, 7) is 0. The van der Waals surface area contributed by atoms with Crippen LogP contribution < -0.4 is 0 Å². The van der Waals surface area contributed by atoms with Crippen molar-refractivity contribution in [2.75, 3.05) is 0 Å². The second-order valence-corrected chi connectivity index (χ2v) is 3.20. The monoisotopic (exact) mass is 221 g/mol. The molecule has 0 aliphatic carbocycles. The van der Waals surface area contributed by atoms with Crippen molar-refractivity contribution < 1.29 is 8.78 Å². The smallest absolute Gasteiger partial charge is 0.241 e. The third kappa shape index (κ3) is 1.14. The fourth-order valence-electron chi connectivity index (χ4n) is 1.57. The van der Waals surface area contributed by atoms with E-state index < -0.39 is 12.1 Å². The van der Waals surface area contributed by atoms with Crippen LogP contribution in [0.4, 0.5) is 8.78 Å². The highest BCUT2D eigenvalue weighted by molar-refractivity contribution is 5.77. The number of fused-ring (bicyclic) bond motifs is 3. The van der Waals surface area contributed by atoms with Gasteiger partial charge in [0, 0.05) is 0 Å². The molecule has 0 radical (unpaired) electrons. The van der Waals surface area contributed by atoms with Crippen LogP contribution in [-0.2, 0) is 0 Å². The van der Waals surface area contributed by atoms with Crippen molar-refractivity contribution in [1.29, 1.82) is 0 Å². The van der Waals surface area contributed by atoms with E-state index in [0.29, 0.717) is 11.0 Å². The number of alkyl halides is 2. The van der Waals surface area contributed by atoms with Crippen LogP contribution in [0, 0.1) is 0 Å². The largest absolute Gasteiger partial charge is 0.284 e. The Bertz CT molecular complexity index is 663. The average molecular weight is 221 g/mol. The summed E-state index contributed by atoms with van der Waals surface area (Å²) in [6.07, 6.45) is -2.70. The second kappa shape index (κ2) is 3.16. The van der Waals surface area contributed by atoms with Gasteiger partial charge in [0.1, 0.15) is 0 Å². The molecular formula is C9H5F2N5. The third-order valence-corrected chi connectivity index (χ3v) is 2.26. The van der Waals surface area contributed by atoms with Crippen molar-refractivity contribution in [1.82, 2.24) is 25.0 Å². The van der Waals surface area contributed by atoms with Gasteiger partial charge in [0.25, 0.3) is 6.43 Å². The number of rotatable bonds is 1. The lowest BCUT2D eigenvalue weighted by Crippen LogP contribution is -2.00. The predicted octanol–water partition coefficient (Wildman–Crippen LogP) is 1.61. The first-order valence-electron chi connectivity index (χ1n) is 4.52. The van der Waals surface area contributed by atoms with Gasteiger partial charge in [-0.2, -0.15) is 4.52 Å². The standard InChI is InChI=1S/C9H5F2N5/c10-8(11)7-9-13-14-15-16(9)6-4-2-1-3-5(6)12-7/h1-4,8H. The zero-order valence-electron chi connectivity index (χ0n) is 7.88. The van der Waals surface area contributed by atoms with E-state index in [4.69, 9.17) is 0 Å². The van der Waals surface area contributed by atoms with Gasteiger partial charge in [0.2, 0.25) is 5.65 Å². The van der Waals surface area contributed by atoms with E-state index >= 15 is 0 Å². The van der Waals surface area contributed by atoms with Gasteiger partial charge in [-0.3, -0.25) is 0 Å². The Morgan fingerprint density at radius 1 is 1.19 bits per heavy atom. The Morgan fingerprint density at radius 3 is 2.81 bits per heavy atom. The molecule has 5 nitrogen and oxygen atoms in total. The zero-order valence-corrected chi connectivity index (χ0v) is 7.88. The molecular weight excluding hydrogens is 216 g/mol. The molecule has 0 atom stereocenters. The summed E-state index contributed by atoms with van der Waals surface area (Å²) in [5, 5.41) is 10.6.